The quantitative estimate of drug-likeness (QED) is 0.457. The number of nitrogens with one attached hydrogen (secondary N) is 4. The molecule has 0 atom stereocenters. The summed E-state index contributed by atoms with van der Waals surface area (Å²) in [6.07, 6.45) is 1.36. The van der Waals surface area contributed by atoms with E-state index in [0.717, 1.165) is 0 Å². The van der Waals surface area contributed by atoms with Crippen LogP contribution in [0.1, 0.15) is 10.4 Å². The Hall–Kier alpha value is -2.42. The van der Waals surface area contributed by atoms with Crippen LogP contribution < -0.4 is 21.4 Å². The molecule has 2 aromatic rings. The summed E-state index contributed by atoms with van der Waals surface area (Å²) in [5, 5.41) is 8.64. The first kappa shape index (κ1) is 21.6. The SMILES string of the molecule is COCCNCCNC(=O)CNC(=O)c1c[nH]c2ccccc2c1=O.Cl. The highest BCUT2D eigenvalue weighted by molar-refractivity contribution is 5.98. The van der Waals surface area contributed by atoms with E-state index in [4.69, 9.17) is 4.74 Å². The van der Waals surface area contributed by atoms with Crippen LogP contribution in [-0.4, -0.2) is 56.7 Å². The fourth-order valence-corrected chi connectivity index (χ4v) is 2.24. The van der Waals surface area contributed by atoms with Gasteiger partial charge >= 0.3 is 0 Å². The van der Waals surface area contributed by atoms with Crippen LogP contribution >= 0.6 is 12.4 Å². The lowest BCUT2D eigenvalue weighted by molar-refractivity contribution is -0.120. The minimum atomic E-state index is -0.583. The van der Waals surface area contributed by atoms with E-state index in [0.29, 0.717) is 37.1 Å². The zero-order chi connectivity index (χ0) is 18.1. The van der Waals surface area contributed by atoms with Crippen molar-refractivity contribution in [3.05, 3.63) is 46.2 Å². The van der Waals surface area contributed by atoms with Crippen molar-refractivity contribution in [3.8, 4) is 0 Å². The zero-order valence-electron chi connectivity index (χ0n) is 14.5. The molecule has 142 valence electrons. The van der Waals surface area contributed by atoms with Gasteiger partial charge in [-0.1, -0.05) is 12.1 Å². The van der Waals surface area contributed by atoms with Crippen molar-refractivity contribution in [1.29, 1.82) is 0 Å². The van der Waals surface area contributed by atoms with Gasteiger partial charge in [-0.3, -0.25) is 14.4 Å². The number of pyridine rings is 1. The average molecular weight is 383 g/mol. The third kappa shape index (κ3) is 6.14. The van der Waals surface area contributed by atoms with Gasteiger partial charge in [0, 0.05) is 43.8 Å². The standard InChI is InChI=1S/C17H22N4O4.ClH/c1-25-9-8-18-6-7-19-15(22)11-21-17(24)13-10-20-14-5-3-2-4-12(14)16(13)23;/h2-5,10,18H,6-9,11H2,1H3,(H,19,22)(H,20,23)(H,21,24);1H. The summed E-state index contributed by atoms with van der Waals surface area (Å²) in [7, 11) is 1.62. The summed E-state index contributed by atoms with van der Waals surface area (Å²) < 4.78 is 4.89. The summed E-state index contributed by atoms with van der Waals surface area (Å²) >= 11 is 0. The normalized spacial score (nSPS) is 10.2. The monoisotopic (exact) mass is 382 g/mol. The largest absolute Gasteiger partial charge is 0.383 e. The van der Waals surface area contributed by atoms with Crippen molar-refractivity contribution in [3.63, 3.8) is 0 Å². The first-order valence-corrected chi connectivity index (χ1v) is 7.98. The van der Waals surface area contributed by atoms with Gasteiger partial charge in [-0.15, -0.1) is 12.4 Å². The second kappa shape index (κ2) is 11.2. The third-order valence-electron chi connectivity index (χ3n) is 3.55. The highest BCUT2D eigenvalue weighted by Gasteiger charge is 2.13. The molecule has 2 amide bonds. The first-order chi connectivity index (χ1) is 12.1. The van der Waals surface area contributed by atoms with Gasteiger partial charge < -0.3 is 25.7 Å². The van der Waals surface area contributed by atoms with E-state index < -0.39 is 5.91 Å². The minimum absolute atomic E-state index is 0. The maximum Gasteiger partial charge on any atom is 0.257 e. The number of aromatic nitrogens is 1. The zero-order valence-corrected chi connectivity index (χ0v) is 15.3. The fraction of sp³-hybridized carbons (Fsp3) is 0.353. The van der Waals surface area contributed by atoms with Crippen LogP contribution in [0.5, 0.6) is 0 Å². The predicted molar refractivity (Wildman–Crippen MR) is 102 cm³/mol. The van der Waals surface area contributed by atoms with Crippen LogP contribution in [0.15, 0.2) is 35.3 Å². The minimum Gasteiger partial charge on any atom is -0.383 e. The maximum atomic E-state index is 12.3. The van der Waals surface area contributed by atoms with Crippen molar-refractivity contribution in [1.82, 2.24) is 20.9 Å². The number of fused-ring (bicyclic) bond motifs is 1. The van der Waals surface area contributed by atoms with E-state index >= 15 is 0 Å². The molecule has 0 bridgehead atoms. The molecule has 1 aromatic carbocycles. The molecule has 0 spiro atoms. The summed E-state index contributed by atoms with van der Waals surface area (Å²) in [5.41, 5.74) is 0.269. The molecule has 8 nitrogen and oxygen atoms in total. The number of benzene rings is 1. The predicted octanol–water partition coefficient (Wildman–Crippen LogP) is 0.0319. The topological polar surface area (TPSA) is 112 Å². The number of hydrogen-bond donors (Lipinski definition) is 4. The van der Waals surface area contributed by atoms with Crippen molar-refractivity contribution in [2.75, 3.05) is 39.9 Å². The van der Waals surface area contributed by atoms with Gasteiger partial charge in [0.1, 0.15) is 5.56 Å². The molecule has 0 saturated carbocycles. The molecule has 0 radical (unpaired) electrons. The molecule has 0 aliphatic rings. The molecule has 0 aliphatic carbocycles. The number of hydrogen-bond acceptors (Lipinski definition) is 5. The molecule has 1 heterocycles. The molecule has 0 aliphatic heterocycles. The number of halogens is 1. The summed E-state index contributed by atoms with van der Waals surface area (Å²) in [4.78, 5) is 39.0. The van der Waals surface area contributed by atoms with Crippen molar-refractivity contribution >= 4 is 35.1 Å². The van der Waals surface area contributed by atoms with E-state index in [9.17, 15) is 14.4 Å². The average Bonchev–Trinajstić information content (AvgIpc) is 2.63. The Balaban J connectivity index is 0.00000338. The Labute approximate surface area is 157 Å². The molecule has 1 aromatic heterocycles. The molecule has 0 fully saturated rings. The van der Waals surface area contributed by atoms with Crippen LogP contribution in [0, 0.1) is 0 Å². The van der Waals surface area contributed by atoms with Crippen LogP contribution in [0.3, 0.4) is 0 Å². The van der Waals surface area contributed by atoms with E-state index in [2.05, 4.69) is 20.9 Å². The lowest BCUT2D eigenvalue weighted by atomic mass is 10.1. The molecular formula is C17H23ClN4O4. The molecule has 9 heteroatoms. The Morgan fingerprint density at radius 2 is 1.88 bits per heavy atom. The van der Waals surface area contributed by atoms with E-state index in [1.807, 2.05) is 0 Å². The molecular weight excluding hydrogens is 360 g/mol. The number of rotatable bonds is 9. The van der Waals surface area contributed by atoms with E-state index in [-0.39, 0.29) is 35.9 Å². The van der Waals surface area contributed by atoms with Gasteiger partial charge in [0.05, 0.1) is 13.2 Å². The number of para-hydroxylation sites is 1. The van der Waals surface area contributed by atoms with Crippen molar-refractivity contribution < 1.29 is 14.3 Å². The highest BCUT2D eigenvalue weighted by atomic mass is 35.5. The number of ether oxygens (including phenoxy) is 1. The van der Waals surface area contributed by atoms with Crippen molar-refractivity contribution in [2.45, 2.75) is 0 Å². The van der Waals surface area contributed by atoms with Gasteiger partial charge in [-0.2, -0.15) is 0 Å². The number of aromatic amines is 1. The van der Waals surface area contributed by atoms with Crippen LogP contribution in [0.2, 0.25) is 0 Å². The summed E-state index contributed by atoms with van der Waals surface area (Å²) in [5.74, 6) is -0.903. The fourth-order valence-electron chi connectivity index (χ4n) is 2.24. The second-order valence-corrected chi connectivity index (χ2v) is 5.35. The Morgan fingerprint density at radius 3 is 2.65 bits per heavy atom. The van der Waals surface area contributed by atoms with Crippen LogP contribution in [0.4, 0.5) is 0 Å². The lowest BCUT2D eigenvalue weighted by Gasteiger charge is -2.08. The summed E-state index contributed by atoms with van der Waals surface area (Å²) in [6, 6.07) is 6.93. The number of methoxy groups -OCH3 is 1. The van der Waals surface area contributed by atoms with Crippen molar-refractivity contribution in [2.24, 2.45) is 0 Å². The smallest absolute Gasteiger partial charge is 0.257 e. The summed E-state index contributed by atoms with van der Waals surface area (Å²) in [6.45, 7) is 2.16. The third-order valence-corrected chi connectivity index (χ3v) is 3.55. The Kier molecular flexibility index (Phi) is 9.35. The van der Waals surface area contributed by atoms with E-state index in [1.165, 1.54) is 6.20 Å². The maximum absolute atomic E-state index is 12.3. The van der Waals surface area contributed by atoms with Gasteiger partial charge in [-0.05, 0) is 12.1 Å². The number of carbonyl (C=O) groups is 2. The molecule has 0 saturated heterocycles. The number of amides is 2. The molecule has 26 heavy (non-hydrogen) atoms. The Morgan fingerprint density at radius 1 is 1.12 bits per heavy atom. The van der Waals surface area contributed by atoms with Gasteiger partial charge in [0.2, 0.25) is 11.3 Å². The highest BCUT2D eigenvalue weighted by Crippen LogP contribution is 2.06. The first-order valence-electron chi connectivity index (χ1n) is 7.98. The number of H-pyrrole nitrogens is 1. The molecule has 0 unspecified atom stereocenters. The van der Waals surface area contributed by atoms with Gasteiger partial charge in [-0.25, -0.2) is 0 Å². The van der Waals surface area contributed by atoms with Gasteiger partial charge in [0.15, 0.2) is 0 Å². The van der Waals surface area contributed by atoms with Gasteiger partial charge in [0.25, 0.3) is 5.91 Å². The second-order valence-electron chi connectivity index (χ2n) is 5.35. The lowest BCUT2D eigenvalue weighted by Crippen LogP contribution is -2.40. The van der Waals surface area contributed by atoms with E-state index in [1.54, 1.807) is 31.4 Å². The Bertz CT molecular complexity index is 794. The molecule has 4 N–H and O–H groups in total. The van der Waals surface area contributed by atoms with Crippen LogP contribution in [0.25, 0.3) is 10.9 Å². The number of carbonyl (C=O) groups excluding carboxylic acids is 2. The van der Waals surface area contributed by atoms with Crippen LogP contribution in [-0.2, 0) is 9.53 Å². The molecule has 2 rings (SSSR count).